The van der Waals surface area contributed by atoms with Gasteiger partial charge in [0.1, 0.15) is 5.65 Å². The van der Waals surface area contributed by atoms with E-state index in [1.807, 2.05) is 0 Å². The van der Waals surface area contributed by atoms with Crippen molar-refractivity contribution in [1.82, 2.24) is 14.9 Å². The molecule has 124 valence electrons. The maximum Gasteiger partial charge on any atom is 0.261 e. The molecule has 0 fully saturated rings. The van der Waals surface area contributed by atoms with Crippen LogP contribution in [-0.2, 0) is 10.0 Å². The number of anilines is 1. The molecule has 0 bridgehead atoms. The van der Waals surface area contributed by atoms with Crippen molar-refractivity contribution in [2.24, 2.45) is 0 Å². The topological polar surface area (TPSA) is 95.2 Å². The van der Waals surface area contributed by atoms with Gasteiger partial charge in [0.2, 0.25) is 0 Å². The van der Waals surface area contributed by atoms with Crippen LogP contribution >= 0.6 is 0 Å². The third-order valence-electron chi connectivity index (χ3n) is 3.45. The molecular weight excluding hydrogens is 328 g/mol. The van der Waals surface area contributed by atoms with Crippen LogP contribution in [0.2, 0.25) is 0 Å². The fourth-order valence-electron chi connectivity index (χ4n) is 2.26. The van der Waals surface area contributed by atoms with Gasteiger partial charge in [-0.2, -0.15) is 0 Å². The van der Waals surface area contributed by atoms with Crippen molar-refractivity contribution in [3.63, 3.8) is 0 Å². The van der Waals surface area contributed by atoms with Gasteiger partial charge < -0.3 is 9.88 Å². The Hall–Kier alpha value is -2.87. The number of fused-ring (bicyclic) bond motifs is 1. The van der Waals surface area contributed by atoms with Gasteiger partial charge in [-0.3, -0.25) is 9.52 Å². The van der Waals surface area contributed by atoms with E-state index in [-0.39, 0.29) is 10.8 Å². The van der Waals surface area contributed by atoms with E-state index >= 15 is 0 Å². The van der Waals surface area contributed by atoms with Gasteiger partial charge in [-0.1, -0.05) is 6.07 Å². The Kier molecular flexibility index (Phi) is 3.98. The van der Waals surface area contributed by atoms with Crippen LogP contribution in [-0.4, -0.2) is 43.3 Å². The second-order valence-electron chi connectivity index (χ2n) is 5.47. The molecule has 2 heterocycles. The second-order valence-corrected chi connectivity index (χ2v) is 7.15. The van der Waals surface area contributed by atoms with Crippen LogP contribution in [0.5, 0.6) is 0 Å². The van der Waals surface area contributed by atoms with Crippen molar-refractivity contribution >= 4 is 32.7 Å². The summed E-state index contributed by atoms with van der Waals surface area (Å²) in [6.07, 6.45) is 3.16. The number of benzene rings is 1. The molecule has 0 unspecified atom stereocenters. The number of amides is 1. The highest BCUT2D eigenvalue weighted by Gasteiger charge is 2.17. The molecule has 8 heteroatoms. The van der Waals surface area contributed by atoms with Crippen LogP contribution in [0.25, 0.3) is 11.0 Å². The van der Waals surface area contributed by atoms with Gasteiger partial charge in [0.25, 0.3) is 15.9 Å². The number of hydrogen-bond donors (Lipinski definition) is 2. The molecule has 0 radical (unpaired) electrons. The third kappa shape index (κ3) is 3.09. The smallest absolute Gasteiger partial charge is 0.261 e. The zero-order valence-corrected chi connectivity index (χ0v) is 14.0. The normalized spacial score (nSPS) is 11.4. The summed E-state index contributed by atoms with van der Waals surface area (Å²) in [5, 5.41) is 0.798. The van der Waals surface area contributed by atoms with Crippen molar-refractivity contribution < 1.29 is 13.2 Å². The van der Waals surface area contributed by atoms with E-state index in [1.165, 1.54) is 23.2 Å². The number of rotatable bonds is 4. The second kappa shape index (κ2) is 5.97. The predicted molar refractivity (Wildman–Crippen MR) is 91.4 cm³/mol. The highest BCUT2D eigenvalue weighted by atomic mass is 32.2. The van der Waals surface area contributed by atoms with Gasteiger partial charge in [0.05, 0.1) is 16.8 Å². The Morgan fingerprint density at radius 3 is 2.75 bits per heavy atom. The SMILES string of the molecule is CN(C)C(=O)c1cccc(S(=O)(=O)Nc2cnc3[nH]ccc3c2)c1. The molecule has 0 saturated heterocycles. The Morgan fingerprint density at radius 2 is 2.00 bits per heavy atom. The maximum absolute atomic E-state index is 12.5. The van der Waals surface area contributed by atoms with E-state index in [0.717, 1.165) is 5.39 Å². The van der Waals surface area contributed by atoms with Crippen LogP contribution in [0.15, 0.2) is 53.7 Å². The number of nitrogens with one attached hydrogen (secondary N) is 2. The molecule has 3 rings (SSSR count). The first-order valence-corrected chi connectivity index (χ1v) is 8.63. The summed E-state index contributed by atoms with van der Waals surface area (Å²) in [5.74, 6) is -0.262. The third-order valence-corrected chi connectivity index (χ3v) is 4.83. The molecule has 24 heavy (non-hydrogen) atoms. The first-order valence-electron chi connectivity index (χ1n) is 7.14. The molecular formula is C16H16N4O3S. The van der Waals surface area contributed by atoms with Gasteiger partial charge in [0, 0.05) is 31.2 Å². The number of aromatic nitrogens is 2. The Balaban J connectivity index is 1.92. The van der Waals surface area contributed by atoms with E-state index < -0.39 is 10.0 Å². The molecule has 2 aromatic heterocycles. The number of nitrogens with zero attached hydrogens (tertiary/aromatic N) is 2. The summed E-state index contributed by atoms with van der Waals surface area (Å²) in [4.78, 5) is 20.5. The quantitative estimate of drug-likeness (QED) is 0.757. The highest BCUT2D eigenvalue weighted by Crippen LogP contribution is 2.20. The average molecular weight is 344 g/mol. The molecule has 0 saturated carbocycles. The fourth-order valence-corrected chi connectivity index (χ4v) is 3.34. The average Bonchev–Trinajstić information content (AvgIpc) is 3.01. The zero-order chi connectivity index (χ0) is 17.3. The van der Waals surface area contributed by atoms with Gasteiger partial charge in [-0.25, -0.2) is 13.4 Å². The standard InChI is InChI=1S/C16H16N4O3S/c1-20(2)16(21)12-4-3-5-14(9-12)24(22,23)19-13-8-11-6-7-17-15(11)18-10-13/h3-10,19H,1-2H3,(H,17,18). The largest absolute Gasteiger partial charge is 0.346 e. The van der Waals surface area contributed by atoms with Crippen molar-refractivity contribution in [1.29, 1.82) is 0 Å². The van der Waals surface area contributed by atoms with Crippen LogP contribution in [0, 0.1) is 0 Å². The molecule has 1 aromatic carbocycles. The number of carbonyl (C=O) groups is 1. The highest BCUT2D eigenvalue weighted by molar-refractivity contribution is 7.92. The first-order chi connectivity index (χ1) is 11.4. The Bertz CT molecular complexity index is 1010. The molecule has 0 spiro atoms. The van der Waals surface area contributed by atoms with Crippen LogP contribution in [0.4, 0.5) is 5.69 Å². The van der Waals surface area contributed by atoms with Gasteiger partial charge in [-0.15, -0.1) is 0 Å². The number of carbonyl (C=O) groups excluding carboxylic acids is 1. The van der Waals surface area contributed by atoms with E-state index in [9.17, 15) is 13.2 Å². The summed E-state index contributed by atoms with van der Waals surface area (Å²) in [6, 6.07) is 9.40. The minimum absolute atomic E-state index is 0.0179. The van der Waals surface area contributed by atoms with Crippen LogP contribution in [0.3, 0.4) is 0 Å². The number of aromatic amines is 1. The number of sulfonamides is 1. The molecule has 0 aliphatic carbocycles. The summed E-state index contributed by atoms with van der Waals surface area (Å²) in [5.41, 5.74) is 1.34. The molecule has 3 aromatic rings. The lowest BCUT2D eigenvalue weighted by molar-refractivity contribution is 0.0827. The zero-order valence-electron chi connectivity index (χ0n) is 13.1. The number of H-pyrrole nitrogens is 1. The lowest BCUT2D eigenvalue weighted by Crippen LogP contribution is -2.22. The Labute approximate surface area is 139 Å². The Morgan fingerprint density at radius 1 is 1.21 bits per heavy atom. The monoisotopic (exact) mass is 344 g/mol. The van der Waals surface area contributed by atoms with Gasteiger partial charge in [0.15, 0.2) is 0 Å². The van der Waals surface area contributed by atoms with Crippen molar-refractivity contribution in [3.8, 4) is 0 Å². The molecule has 0 aliphatic rings. The summed E-state index contributed by atoms with van der Waals surface area (Å²) in [6.45, 7) is 0. The van der Waals surface area contributed by atoms with Gasteiger partial charge in [-0.05, 0) is 30.3 Å². The minimum atomic E-state index is -3.82. The lowest BCUT2D eigenvalue weighted by atomic mass is 10.2. The van der Waals surface area contributed by atoms with E-state index in [1.54, 1.807) is 44.6 Å². The molecule has 2 N–H and O–H groups in total. The van der Waals surface area contributed by atoms with Crippen LogP contribution in [0.1, 0.15) is 10.4 Å². The molecule has 0 aliphatic heterocycles. The number of pyridine rings is 1. The van der Waals surface area contributed by atoms with Crippen LogP contribution < -0.4 is 4.72 Å². The fraction of sp³-hybridized carbons (Fsp3) is 0.125. The van der Waals surface area contributed by atoms with Crippen molar-refractivity contribution in [3.05, 3.63) is 54.4 Å². The minimum Gasteiger partial charge on any atom is -0.346 e. The van der Waals surface area contributed by atoms with Gasteiger partial charge >= 0.3 is 0 Å². The predicted octanol–water partition coefficient (Wildman–Crippen LogP) is 2.07. The van der Waals surface area contributed by atoms with Crippen molar-refractivity contribution in [2.45, 2.75) is 4.90 Å². The molecule has 7 nitrogen and oxygen atoms in total. The molecule has 0 atom stereocenters. The van der Waals surface area contributed by atoms with E-state index in [0.29, 0.717) is 16.9 Å². The molecule has 1 amide bonds. The summed E-state index contributed by atoms with van der Waals surface area (Å²) >= 11 is 0. The van der Waals surface area contributed by atoms with Crippen molar-refractivity contribution in [2.75, 3.05) is 18.8 Å². The van der Waals surface area contributed by atoms with E-state index in [2.05, 4.69) is 14.7 Å². The lowest BCUT2D eigenvalue weighted by Gasteiger charge is -2.12. The summed E-state index contributed by atoms with van der Waals surface area (Å²) in [7, 11) is -0.596. The maximum atomic E-state index is 12.5. The number of hydrogen-bond acceptors (Lipinski definition) is 4. The summed E-state index contributed by atoms with van der Waals surface area (Å²) < 4.78 is 27.6. The van der Waals surface area contributed by atoms with E-state index in [4.69, 9.17) is 0 Å². The first kappa shape index (κ1) is 16.0.